The van der Waals surface area contributed by atoms with Gasteiger partial charge in [-0.3, -0.25) is 9.69 Å². The van der Waals surface area contributed by atoms with Crippen LogP contribution >= 0.6 is 11.6 Å². The monoisotopic (exact) mass is 447 g/mol. The van der Waals surface area contributed by atoms with Gasteiger partial charge in [-0.15, -0.1) is 0 Å². The van der Waals surface area contributed by atoms with Crippen LogP contribution in [0.15, 0.2) is 76.5 Å². The highest BCUT2D eigenvalue weighted by atomic mass is 35.5. The van der Waals surface area contributed by atoms with Gasteiger partial charge in [0.2, 0.25) is 0 Å². The number of para-hydroxylation sites is 2. The molecule has 0 fully saturated rings. The first kappa shape index (κ1) is 20.4. The normalized spacial score (nSPS) is 17.9. The van der Waals surface area contributed by atoms with Crippen molar-refractivity contribution in [1.29, 1.82) is 0 Å². The van der Waals surface area contributed by atoms with Gasteiger partial charge in [-0.2, -0.15) is 0 Å². The molecule has 2 heterocycles. The molecule has 0 radical (unpaired) electrons. The van der Waals surface area contributed by atoms with Crippen molar-refractivity contribution >= 4 is 40.5 Å². The molecule has 1 aliphatic carbocycles. The SMILES string of the molecule is Cc1ccc(NC(=O)N2c3ccccc3NC3=C(C(=O)CCC3)[C@@H]2c2ccco2)c(Cl)c1. The van der Waals surface area contributed by atoms with Crippen molar-refractivity contribution in [2.24, 2.45) is 0 Å². The predicted octanol–water partition coefficient (Wildman–Crippen LogP) is 6.45. The van der Waals surface area contributed by atoms with Gasteiger partial charge in [0, 0.05) is 17.7 Å². The fraction of sp³-hybridized carbons (Fsp3) is 0.200. The topological polar surface area (TPSA) is 74.6 Å². The Balaban J connectivity index is 1.67. The summed E-state index contributed by atoms with van der Waals surface area (Å²) in [6.07, 6.45) is 3.49. The first-order valence-corrected chi connectivity index (χ1v) is 10.9. The Kier molecular flexibility index (Phi) is 5.23. The molecule has 1 aliphatic heterocycles. The highest BCUT2D eigenvalue weighted by Crippen LogP contribution is 2.45. The zero-order chi connectivity index (χ0) is 22.2. The number of hydrogen-bond donors (Lipinski definition) is 2. The molecule has 0 spiro atoms. The number of furan rings is 1. The highest BCUT2D eigenvalue weighted by Gasteiger charge is 2.41. The van der Waals surface area contributed by atoms with Crippen LogP contribution in [-0.2, 0) is 4.79 Å². The van der Waals surface area contributed by atoms with Crippen molar-refractivity contribution < 1.29 is 14.0 Å². The number of fused-ring (bicyclic) bond motifs is 1. The van der Waals surface area contributed by atoms with Gasteiger partial charge in [-0.25, -0.2) is 4.79 Å². The smallest absolute Gasteiger partial charge is 0.327 e. The van der Waals surface area contributed by atoms with Crippen LogP contribution in [0.25, 0.3) is 0 Å². The summed E-state index contributed by atoms with van der Waals surface area (Å²) < 4.78 is 5.75. The van der Waals surface area contributed by atoms with Gasteiger partial charge in [0.25, 0.3) is 0 Å². The number of carbonyl (C=O) groups is 2. The molecule has 2 aliphatic rings. The van der Waals surface area contributed by atoms with E-state index in [1.54, 1.807) is 35.4 Å². The predicted molar refractivity (Wildman–Crippen MR) is 125 cm³/mol. The van der Waals surface area contributed by atoms with Crippen LogP contribution in [0.5, 0.6) is 0 Å². The number of benzene rings is 2. The number of nitrogens with zero attached hydrogens (tertiary/aromatic N) is 1. The lowest BCUT2D eigenvalue weighted by molar-refractivity contribution is -0.116. The van der Waals surface area contributed by atoms with Gasteiger partial charge >= 0.3 is 6.03 Å². The van der Waals surface area contributed by atoms with E-state index < -0.39 is 12.1 Å². The zero-order valence-corrected chi connectivity index (χ0v) is 18.3. The molecular formula is C25H22ClN3O3. The standard InChI is InChI=1S/C25H22ClN3O3/c1-15-11-12-17(16(26)14-15)28-25(31)29-20-8-3-2-6-18(20)27-19-7-4-9-21(30)23(19)24(29)22-10-5-13-32-22/h2-3,5-6,8,10-14,24,27H,4,7,9H2,1H3,(H,28,31)/t24-/m0/s1. The third-order valence-electron chi connectivity index (χ3n) is 5.83. The number of ketones is 1. The molecule has 0 unspecified atom stereocenters. The maximum Gasteiger partial charge on any atom is 0.327 e. The molecule has 2 amide bonds. The summed E-state index contributed by atoms with van der Waals surface area (Å²) in [6.45, 7) is 1.93. The summed E-state index contributed by atoms with van der Waals surface area (Å²) in [5.74, 6) is 0.538. The van der Waals surface area contributed by atoms with Crippen LogP contribution in [0.3, 0.4) is 0 Å². The van der Waals surface area contributed by atoms with E-state index in [1.165, 1.54) is 0 Å². The zero-order valence-electron chi connectivity index (χ0n) is 17.5. The number of halogens is 1. The third-order valence-corrected chi connectivity index (χ3v) is 6.15. The van der Waals surface area contributed by atoms with Crippen molar-refractivity contribution in [2.75, 3.05) is 15.5 Å². The Morgan fingerprint density at radius 2 is 2.00 bits per heavy atom. The molecule has 0 bridgehead atoms. The van der Waals surface area contributed by atoms with Crippen LogP contribution in [-0.4, -0.2) is 11.8 Å². The fourth-order valence-electron chi connectivity index (χ4n) is 4.37. The first-order valence-electron chi connectivity index (χ1n) is 10.5. The number of carbonyl (C=O) groups excluding carboxylic acids is 2. The molecule has 2 N–H and O–H groups in total. The molecule has 0 saturated heterocycles. The lowest BCUT2D eigenvalue weighted by Crippen LogP contribution is -2.40. The molecular weight excluding hydrogens is 426 g/mol. The molecule has 2 aromatic carbocycles. The summed E-state index contributed by atoms with van der Waals surface area (Å²) in [4.78, 5) is 28.5. The number of amides is 2. The Hall–Kier alpha value is -3.51. The largest absolute Gasteiger partial charge is 0.467 e. The number of urea groups is 1. The molecule has 1 aromatic heterocycles. The number of rotatable bonds is 2. The van der Waals surface area contributed by atoms with Gasteiger partial charge in [0.15, 0.2) is 5.78 Å². The van der Waals surface area contributed by atoms with Gasteiger partial charge in [0.05, 0.1) is 28.3 Å². The Morgan fingerprint density at radius 1 is 1.16 bits per heavy atom. The second-order valence-electron chi connectivity index (χ2n) is 8.01. The van der Waals surface area contributed by atoms with Gasteiger partial charge < -0.3 is 15.1 Å². The molecule has 3 aromatic rings. The van der Waals surface area contributed by atoms with Crippen molar-refractivity contribution in [3.8, 4) is 0 Å². The summed E-state index contributed by atoms with van der Waals surface area (Å²) >= 11 is 6.39. The molecule has 5 rings (SSSR count). The minimum atomic E-state index is -0.701. The molecule has 0 saturated carbocycles. The number of aryl methyl sites for hydroxylation is 1. The second kappa shape index (κ2) is 8.20. The summed E-state index contributed by atoms with van der Waals surface area (Å²) in [6, 6.07) is 15.4. The minimum Gasteiger partial charge on any atom is -0.467 e. The molecule has 6 nitrogen and oxygen atoms in total. The summed E-state index contributed by atoms with van der Waals surface area (Å²) in [5, 5.41) is 6.80. The molecule has 7 heteroatoms. The van der Waals surface area contributed by atoms with E-state index in [-0.39, 0.29) is 5.78 Å². The Morgan fingerprint density at radius 3 is 2.78 bits per heavy atom. The maximum atomic E-state index is 13.8. The number of nitrogens with one attached hydrogen (secondary N) is 2. The number of hydrogen-bond acceptors (Lipinski definition) is 4. The summed E-state index contributed by atoms with van der Waals surface area (Å²) in [7, 11) is 0. The second-order valence-corrected chi connectivity index (χ2v) is 8.42. The van der Waals surface area contributed by atoms with Crippen molar-refractivity contribution in [3.05, 3.63) is 88.5 Å². The molecule has 32 heavy (non-hydrogen) atoms. The maximum absolute atomic E-state index is 13.8. The number of anilines is 3. The minimum absolute atomic E-state index is 0.0131. The van der Waals surface area contributed by atoms with E-state index in [1.807, 2.05) is 37.3 Å². The summed E-state index contributed by atoms with van der Waals surface area (Å²) in [5.41, 5.74) is 4.30. The van der Waals surface area contributed by atoms with Crippen LogP contribution in [0.2, 0.25) is 5.02 Å². The quantitative estimate of drug-likeness (QED) is 0.473. The average molecular weight is 448 g/mol. The van der Waals surface area contributed by atoms with Crippen molar-refractivity contribution in [1.82, 2.24) is 0 Å². The lowest BCUT2D eigenvalue weighted by atomic mass is 9.88. The van der Waals surface area contributed by atoms with Crippen LogP contribution in [0.1, 0.15) is 36.6 Å². The number of Topliss-reactive ketones (excluding diaryl/α,β-unsaturated/α-hetero) is 1. The number of allylic oxidation sites excluding steroid dienone is 1. The first-order chi connectivity index (χ1) is 15.5. The third kappa shape index (κ3) is 3.56. The van der Waals surface area contributed by atoms with E-state index in [4.69, 9.17) is 16.0 Å². The van der Waals surface area contributed by atoms with E-state index in [0.717, 1.165) is 29.8 Å². The molecule has 1 atom stereocenters. The van der Waals surface area contributed by atoms with Gasteiger partial charge in [-0.1, -0.05) is 29.8 Å². The van der Waals surface area contributed by atoms with Crippen LogP contribution < -0.4 is 15.5 Å². The van der Waals surface area contributed by atoms with Crippen LogP contribution in [0.4, 0.5) is 21.9 Å². The van der Waals surface area contributed by atoms with E-state index in [0.29, 0.717) is 34.2 Å². The van der Waals surface area contributed by atoms with Crippen molar-refractivity contribution in [3.63, 3.8) is 0 Å². The Bertz CT molecular complexity index is 1230. The average Bonchev–Trinajstić information content (AvgIpc) is 3.25. The van der Waals surface area contributed by atoms with Crippen molar-refractivity contribution in [2.45, 2.75) is 32.2 Å². The fourth-order valence-corrected chi connectivity index (χ4v) is 4.65. The van der Waals surface area contributed by atoms with Gasteiger partial charge in [0.1, 0.15) is 11.8 Å². The van der Waals surface area contributed by atoms with E-state index >= 15 is 0 Å². The van der Waals surface area contributed by atoms with Crippen LogP contribution in [0, 0.1) is 6.92 Å². The van der Waals surface area contributed by atoms with E-state index in [2.05, 4.69) is 10.6 Å². The van der Waals surface area contributed by atoms with Gasteiger partial charge in [-0.05, 0) is 61.7 Å². The lowest BCUT2D eigenvalue weighted by Gasteiger charge is -2.32. The highest BCUT2D eigenvalue weighted by molar-refractivity contribution is 6.34. The Labute approximate surface area is 190 Å². The molecule has 162 valence electrons. The van der Waals surface area contributed by atoms with E-state index in [9.17, 15) is 9.59 Å².